The second-order valence-corrected chi connectivity index (χ2v) is 11.5. The third-order valence-corrected chi connectivity index (χ3v) is 8.60. The summed E-state index contributed by atoms with van der Waals surface area (Å²) >= 11 is 4.47. The molecular formula is C20H18BrFN2O3S2. The van der Waals surface area contributed by atoms with Gasteiger partial charge in [0, 0.05) is 9.72 Å². The lowest BCUT2D eigenvalue weighted by Gasteiger charge is -2.25. The number of thioether (sulfide) groups is 1. The highest BCUT2D eigenvalue weighted by molar-refractivity contribution is 9.10. The van der Waals surface area contributed by atoms with Gasteiger partial charge in [-0.25, -0.2) is 12.8 Å². The number of carbonyl (C=O) groups is 1. The Hall–Kier alpha value is -1.71. The predicted molar refractivity (Wildman–Crippen MR) is 118 cm³/mol. The lowest BCUT2D eigenvalue weighted by molar-refractivity contribution is -0.117. The molecule has 0 N–H and O–H groups in total. The molecule has 2 aliphatic rings. The highest BCUT2D eigenvalue weighted by atomic mass is 79.9. The first-order valence-electron chi connectivity index (χ1n) is 9.00. The van der Waals surface area contributed by atoms with Gasteiger partial charge in [-0.1, -0.05) is 57.5 Å². The van der Waals surface area contributed by atoms with Crippen LogP contribution in [0, 0.1) is 12.7 Å². The number of halogens is 2. The van der Waals surface area contributed by atoms with E-state index in [4.69, 9.17) is 0 Å². The third-order valence-electron chi connectivity index (χ3n) is 4.89. The van der Waals surface area contributed by atoms with Crippen LogP contribution < -0.4 is 4.90 Å². The number of aryl methyl sites for hydroxylation is 1. The number of aliphatic imine (C=N–C) groups is 1. The van der Waals surface area contributed by atoms with E-state index >= 15 is 0 Å². The van der Waals surface area contributed by atoms with E-state index in [9.17, 15) is 17.6 Å². The molecule has 2 atom stereocenters. The lowest BCUT2D eigenvalue weighted by Crippen LogP contribution is -2.38. The fraction of sp³-hybridized carbons (Fsp3) is 0.300. The van der Waals surface area contributed by atoms with Gasteiger partial charge in [-0.2, -0.15) is 4.99 Å². The molecule has 1 amide bonds. The fourth-order valence-electron chi connectivity index (χ4n) is 3.67. The Morgan fingerprint density at radius 2 is 2.07 bits per heavy atom. The Kier molecular flexibility index (Phi) is 5.56. The third kappa shape index (κ3) is 4.41. The number of hydrogen-bond acceptors (Lipinski definition) is 4. The van der Waals surface area contributed by atoms with Crippen LogP contribution in [0.25, 0.3) is 0 Å². The molecule has 9 heteroatoms. The summed E-state index contributed by atoms with van der Waals surface area (Å²) in [5, 5.41) is 0.0855. The number of amides is 1. The number of sulfone groups is 1. The first-order chi connectivity index (χ1) is 13.7. The first kappa shape index (κ1) is 20.6. The summed E-state index contributed by atoms with van der Waals surface area (Å²) in [7, 11) is -3.21. The zero-order valence-electron chi connectivity index (χ0n) is 15.5. The normalized spacial score (nSPS) is 24.1. The highest BCUT2D eigenvalue weighted by Crippen LogP contribution is 2.42. The molecule has 0 aliphatic carbocycles. The van der Waals surface area contributed by atoms with Gasteiger partial charge in [0.25, 0.3) is 5.91 Å². The van der Waals surface area contributed by atoms with E-state index < -0.39 is 21.7 Å². The molecule has 0 saturated carbocycles. The Labute approximate surface area is 181 Å². The molecule has 152 valence electrons. The monoisotopic (exact) mass is 496 g/mol. The van der Waals surface area contributed by atoms with Crippen LogP contribution in [0.2, 0.25) is 0 Å². The van der Waals surface area contributed by atoms with Crippen molar-refractivity contribution in [2.45, 2.75) is 24.6 Å². The van der Waals surface area contributed by atoms with Crippen molar-refractivity contribution >= 4 is 54.3 Å². The van der Waals surface area contributed by atoms with Crippen molar-refractivity contribution in [1.29, 1.82) is 0 Å². The minimum atomic E-state index is -3.21. The van der Waals surface area contributed by atoms with Crippen LogP contribution >= 0.6 is 27.7 Å². The maximum absolute atomic E-state index is 14.7. The number of carbonyl (C=O) groups excluding carboxylic acids is 1. The molecule has 2 aliphatic heterocycles. The van der Waals surface area contributed by atoms with Crippen molar-refractivity contribution in [2.24, 2.45) is 4.99 Å². The fourth-order valence-corrected chi connectivity index (χ4v) is 7.92. The summed E-state index contributed by atoms with van der Waals surface area (Å²) in [6.45, 7) is 1.95. The van der Waals surface area contributed by atoms with Gasteiger partial charge in [0.2, 0.25) is 0 Å². The molecule has 2 aromatic carbocycles. The van der Waals surface area contributed by atoms with Crippen molar-refractivity contribution < 1.29 is 17.6 Å². The van der Waals surface area contributed by atoms with Crippen LogP contribution in [-0.2, 0) is 21.1 Å². The van der Waals surface area contributed by atoms with E-state index in [1.54, 1.807) is 17.0 Å². The molecular weight excluding hydrogens is 479 g/mol. The van der Waals surface area contributed by atoms with Gasteiger partial charge in [-0.3, -0.25) is 4.79 Å². The van der Waals surface area contributed by atoms with Crippen LogP contribution in [-0.4, -0.2) is 42.3 Å². The van der Waals surface area contributed by atoms with Crippen molar-refractivity contribution in [2.75, 3.05) is 16.4 Å². The molecule has 2 aromatic rings. The quantitative estimate of drug-likeness (QED) is 0.647. The van der Waals surface area contributed by atoms with Gasteiger partial charge in [-0.15, -0.1) is 0 Å². The number of hydrogen-bond donors (Lipinski definition) is 0. The maximum Gasteiger partial charge on any atom is 0.252 e. The number of amidine groups is 1. The van der Waals surface area contributed by atoms with Gasteiger partial charge >= 0.3 is 0 Å². The average molecular weight is 497 g/mol. The average Bonchev–Trinajstić information content (AvgIpc) is 3.06. The highest BCUT2D eigenvalue weighted by Gasteiger charge is 2.50. The minimum Gasteiger partial charge on any atom is -0.313 e. The van der Waals surface area contributed by atoms with E-state index in [0.717, 1.165) is 11.1 Å². The van der Waals surface area contributed by atoms with E-state index in [-0.39, 0.29) is 34.8 Å². The number of nitrogens with zero attached hydrogens (tertiary/aromatic N) is 2. The molecule has 0 radical (unpaired) electrons. The zero-order valence-corrected chi connectivity index (χ0v) is 18.7. The van der Waals surface area contributed by atoms with E-state index in [1.165, 1.54) is 17.8 Å². The van der Waals surface area contributed by atoms with Crippen molar-refractivity contribution in [3.63, 3.8) is 0 Å². The summed E-state index contributed by atoms with van der Waals surface area (Å²) in [6, 6.07) is 11.8. The molecule has 0 unspecified atom stereocenters. The van der Waals surface area contributed by atoms with Crippen LogP contribution in [0.15, 0.2) is 51.9 Å². The van der Waals surface area contributed by atoms with Gasteiger partial charge in [0.05, 0.1) is 29.7 Å². The first-order valence-corrected chi connectivity index (χ1v) is 12.5. The summed E-state index contributed by atoms with van der Waals surface area (Å²) in [6.07, 6.45) is 0.135. The molecule has 5 nitrogen and oxygen atoms in total. The van der Waals surface area contributed by atoms with Crippen molar-refractivity contribution in [3.8, 4) is 0 Å². The van der Waals surface area contributed by atoms with E-state index in [1.807, 2.05) is 31.2 Å². The Bertz CT molecular complexity index is 1120. The van der Waals surface area contributed by atoms with Crippen molar-refractivity contribution in [1.82, 2.24) is 0 Å². The van der Waals surface area contributed by atoms with E-state index in [2.05, 4.69) is 20.9 Å². The van der Waals surface area contributed by atoms with E-state index in [0.29, 0.717) is 9.64 Å². The predicted octanol–water partition coefficient (Wildman–Crippen LogP) is 3.74. The molecule has 0 aromatic heterocycles. The summed E-state index contributed by atoms with van der Waals surface area (Å²) < 4.78 is 39.5. The van der Waals surface area contributed by atoms with Crippen molar-refractivity contribution in [3.05, 3.63) is 63.9 Å². The molecule has 4 rings (SSSR count). The smallest absolute Gasteiger partial charge is 0.252 e. The maximum atomic E-state index is 14.7. The number of fused-ring (bicyclic) bond motifs is 1. The van der Waals surface area contributed by atoms with Gasteiger partial charge in [0.15, 0.2) is 15.0 Å². The SMILES string of the molecule is Cc1cccc(CC(=O)N=C2S[C@@H]3CS(=O)(=O)C[C@@H]3N2c2ccc(Br)cc2F)c1. The standard InChI is InChI=1S/C20H18BrFN2O3S2/c1-12-3-2-4-13(7-12)8-19(25)23-20-24(16-6-5-14(21)9-15(16)22)17-10-29(26,27)11-18(17)28-20/h2-7,9,17-18H,8,10-11H2,1H3/t17-,18+/m0/s1. The number of rotatable bonds is 3. The second-order valence-electron chi connectivity index (χ2n) is 7.22. The second kappa shape index (κ2) is 7.85. The zero-order chi connectivity index (χ0) is 20.8. The number of anilines is 1. The molecule has 2 saturated heterocycles. The summed E-state index contributed by atoms with van der Waals surface area (Å²) in [5.74, 6) is -0.917. The van der Waals surface area contributed by atoms with Gasteiger partial charge in [-0.05, 0) is 30.7 Å². The molecule has 0 spiro atoms. The number of benzene rings is 2. The summed E-state index contributed by atoms with van der Waals surface area (Å²) in [4.78, 5) is 18.4. The van der Waals surface area contributed by atoms with Crippen LogP contribution in [0.5, 0.6) is 0 Å². The Balaban J connectivity index is 1.67. The van der Waals surface area contributed by atoms with Crippen LogP contribution in [0.1, 0.15) is 11.1 Å². The lowest BCUT2D eigenvalue weighted by atomic mass is 10.1. The molecule has 29 heavy (non-hydrogen) atoms. The minimum absolute atomic E-state index is 0.00205. The van der Waals surface area contributed by atoms with Crippen LogP contribution in [0.4, 0.5) is 10.1 Å². The van der Waals surface area contributed by atoms with Crippen LogP contribution in [0.3, 0.4) is 0 Å². The molecule has 0 bridgehead atoms. The Morgan fingerprint density at radius 1 is 1.28 bits per heavy atom. The topological polar surface area (TPSA) is 66.8 Å². The molecule has 2 heterocycles. The molecule has 2 fully saturated rings. The van der Waals surface area contributed by atoms with Gasteiger partial charge < -0.3 is 4.90 Å². The largest absolute Gasteiger partial charge is 0.313 e. The summed E-state index contributed by atoms with van der Waals surface area (Å²) in [5.41, 5.74) is 2.13. The Morgan fingerprint density at radius 3 is 2.79 bits per heavy atom. The van der Waals surface area contributed by atoms with Gasteiger partial charge in [0.1, 0.15) is 5.82 Å².